The van der Waals surface area contributed by atoms with E-state index in [1.807, 2.05) is 12.1 Å². The van der Waals surface area contributed by atoms with Crippen molar-refractivity contribution in [3.8, 4) is 0 Å². The van der Waals surface area contributed by atoms with Gasteiger partial charge in [-0.25, -0.2) is 0 Å². The number of nitrogens with zero attached hydrogens (tertiary/aromatic N) is 2. The summed E-state index contributed by atoms with van der Waals surface area (Å²) in [6.45, 7) is 5.83. The third-order valence-corrected chi connectivity index (χ3v) is 5.79. The molecule has 1 heterocycles. The van der Waals surface area contributed by atoms with E-state index in [9.17, 15) is 0 Å². The van der Waals surface area contributed by atoms with Crippen molar-refractivity contribution in [1.82, 2.24) is 4.90 Å². The summed E-state index contributed by atoms with van der Waals surface area (Å²) in [5.74, 6) is 2.67. The fourth-order valence-electron chi connectivity index (χ4n) is 4.32. The number of halogens is 1. The van der Waals surface area contributed by atoms with Crippen LogP contribution in [0.4, 0.5) is 5.69 Å². The zero-order chi connectivity index (χ0) is 14.2. The van der Waals surface area contributed by atoms with Gasteiger partial charge in [-0.3, -0.25) is 4.90 Å². The average molecular weight is 303 g/mol. The van der Waals surface area contributed by atoms with Crippen molar-refractivity contribution in [2.75, 3.05) is 37.6 Å². The summed E-state index contributed by atoms with van der Waals surface area (Å²) in [6, 6.07) is 8.21. The maximum Gasteiger partial charge on any atom is 0.0639 e. The Hall–Kier alpha value is -0.990. The van der Waals surface area contributed by atoms with Gasteiger partial charge in [-0.05, 0) is 42.7 Å². The Morgan fingerprint density at radius 3 is 2.48 bits per heavy atom. The minimum absolute atomic E-state index is 0.872. The number of hydrogen-bond donors (Lipinski definition) is 0. The van der Waals surface area contributed by atoms with Crippen LogP contribution in [0.15, 0.2) is 36.4 Å². The van der Waals surface area contributed by atoms with Crippen LogP contribution >= 0.6 is 11.6 Å². The zero-order valence-electron chi connectivity index (χ0n) is 12.4. The molecule has 3 heteroatoms. The van der Waals surface area contributed by atoms with E-state index in [0.29, 0.717) is 0 Å². The summed E-state index contributed by atoms with van der Waals surface area (Å²) in [7, 11) is 0. The SMILES string of the molecule is Clc1ccccc1N1CCN(CC2CC3C=CC2C3)CC1. The number of hydrogen-bond acceptors (Lipinski definition) is 2. The fourth-order valence-corrected chi connectivity index (χ4v) is 4.57. The van der Waals surface area contributed by atoms with Gasteiger partial charge in [-0.15, -0.1) is 0 Å². The number of allylic oxidation sites excluding steroid dienone is 2. The van der Waals surface area contributed by atoms with E-state index in [4.69, 9.17) is 11.6 Å². The molecular formula is C18H23ClN2. The molecule has 4 rings (SSSR count). The molecule has 1 aliphatic heterocycles. The molecule has 21 heavy (non-hydrogen) atoms. The predicted octanol–water partition coefficient (Wildman–Crippen LogP) is 3.67. The van der Waals surface area contributed by atoms with Gasteiger partial charge < -0.3 is 4.90 Å². The van der Waals surface area contributed by atoms with Crippen molar-refractivity contribution in [2.24, 2.45) is 17.8 Å². The Labute approximate surface area is 132 Å². The van der Waals surface area contributed by atoms with Crippen LogP contribution in [0.5, 0.6) is 0 Å². The Balaban J connectivity index is 1.33. The number of anilines is 1. The molecule has 112 valence electrons. The van der Waals surface area contributed by atoms with Crippen LogP contribution in [0, 0.1) is 17.8 Å². The highest BCUT2D eigenvalue weighted by molar-refractivity contribution is 6.33. The lowest BCUT2D eigenvalue weighted by atomic mass is 9.93. The molecule has 1 aromatic rings. The van der Waals surface area contributed by atoms with Crippen molar-refractivity contribution in [1.29, 1.82) is 0 Å². The van der Waals surface area contributed by atoms with Crippen LogP contribution in [0.3, 0.4) is 0 Å². The Bertz CT molecular complexity index is 534. The van der Waals surface area contributed by atoms with Gasteiger partial charge in [0.2, 0.25) is 0 Å². The van der Waals surface area contributed by atoms with E-state index in [1.165, 1.54) is 38.2 Å². The number of fused-ring (bicyclic) bond motifs is 2. The molecule has 2 bridgehead atoms. The number of benzene rings is 1. The largest absolute Gasteiger partial charge is 0.368 e. The van der Waals surface area contributed by atoms with E-state index in [-0.39, 0.29) is 0 Å². The van der Waals surface area contributed by atoms with Gasteiger partial charge in [-0.1, -0.05) is 35.9 Å². The molecule has 2 fully saturated rings. The van der Waals surface area contributed by atoms with Crippen molar-refractivity contribution >= 4 is 17.3 Å². The van der Waals surface area contributed by atoms with Gasteiger partial charge >= 0.3 is 0 Å². The topological polar surface area (TPSA) is 6.48 Å². The number of piperazine rings is 1. The molecule has 3 unspecified atom stereocenters. The first-order valence-corrected chi connectivity index (χ1v) is 8.57. The predicted molar refractivity (Wildman–Crippen MR) is 88.9 cm³/mol. The van der Waals surface area contributed by atoms with Gasteiger partial charge in [0, 0.05) is 32.7 Å². The molecule has 0 amide bonds. The first-order valence-electron chi connectivity index (χ1n) is 8.20. The number of para-hydroxylation sites is 1. The van der Waals surface area contributed by atoms with Gasteiger partial charge in [0.15, 0.2) is 0 Å². The smallest absolute Gasteiger partial charge is 0.0639 e. The van der Waals surface area contributed by atoms with Crippen molar-refractivity contribution < 1.29 is 0 Å². The second-order valence-electron chi connectivity index (χ2n) is 6.78. The lowest BCUT2D eigenvalue weighted by molar-refractivity contribution is 0.204. The van der Waals surface area contributed by atoms with Crippen LogP contribution in [0.1, 0.15) is 12.8 Å². The molecule has 2 nitrogen and oxygen atoms in total. The summed E-state index contributed by atoms with van der Waals surface area (Å²) in [4.78, 5) is 5.09. The second-order valence-corrected chi connectivity index (χ2v) is 7.19. The molecule has 0 aromatic heterocycles. The Morgan fingerprint density at radius 1 is 1.00 bits per heavy atom. The van der Waals surface area contributed by atoms with E-state index in [0.717, 1.165) is 35.9 Å². The van der Waals surface area contributed by atoms with Gasteiger partial charge in [0.1, 0.15) is 0 Å². The monoisotopic (exact) mass is 302 g/mol. The van der Waals surface area contributed by atoms with Crippen LogP contribution in [-0.4, -0.2) is 37.6 Å². The highest BCUT2D eigenvalue weighted by atomic mass is 35.5. The number of rotatable bonds is 3. The van der Waals surface area contributed by atoms with E-state index < -0.39 is 0 Å². The molecule has 3 atom stereocenters. The maximum atomic E-state index is 6.31. The quantitative estimate of drug-likeness (QED) is 0.786. The summed E-state index contributed by atoms with van der Waals surface area (Å²) in [6.07, 6.45) is 7.76. The average Bonchev–Trinajstić information content (AvgIpc) is 3.11. The summed E-state index contributed by atoms with van der Waals surface area (Å²) in [5, 5.41) is 0.879. The fraction of sp³-hybridized carbons (Fsp3) is 0.556. The molecule has 1 saturated carbocycles. The molecule has 3 aliphatic rings. The highest BCUT2D eigenvalue weighted by Gasteiger charge is 2.36. The lowest BCUT2D eigenvalue weighted by Crippen LogP contribution is -2.48. The van der Waals surface area contributed by atoms with Crippen molar-refractivity contribution in [3.63, 3.8) is 0 Å². The summed E-state index contributed by atoms with van der Waals surface area (Å²) < 4.78 is 0. The van der Waals surface area contributed by atoms with Crippen LogP contribution in [0.25, 0.3) is 0 Å². The van der Waals surface area contributed by atoms with E-state index in [2.05, 4.69) is 34.1 Å². The highest BCUT2D eigenvalue weighted by Crippen LogP contribution is 2.43. The standard InChI is InChI=1S/C18H23ClN2/c19-17-3-1-2-4-18(17)21-9-7-20(8-10-21)13-16-12-14-5-6-15(16)11-14/h1-6,14-16H,7-13H2. The molecule has 1 saturated heterocycles. The Morgan fingerprint density at radius 2 is 1.81 bits per heavy atom. The molecule has 2 aliphatic carbocycles. The zero-order valence-corrected chi connectivity index (χ0v) is 13.2. The van der Waals surface area contributed by atoms with Crippen LogP contribution in [0.2, 0.25) is 5.02 Å². The second kappa shape index (κ2) is 5.66. The van der Waals surface area contributed by atoms with Gasteiger partial charge in [0.05, 0.1) is 10.7 Å². The van der Waals surface area contributed by atoms with E-state index in [1.54, 1.807) is 0 Å². The summed E-state index contributed by atoms with van der Waals surface area (Å²) >= 11 is 6.31. The third kappa shape index (κ3) is 2.72. The Kier molecular flexibility index (Phi) is 3.68. The van der Waals surface area contributed by atoms with Crippen LogP contribution in [-0.2, 0) is 0 Å². The normalized spacial score (nSPS) is 32.0. The van der Waals surface area contributed by atoms with Gasteiger partial charge in [-0.2, -0.15) is 0 Å². The van der Waals surface area contributed by atoms with E-state index >= 15 is 0 Å². The molecule has 1 aromatic carbocycles. The molecule has 0 radical (unpaired) electrons. The third-order valence-electron chi connectivity index (χ3n) is 5.47. The first-order chi connectivity index (χ1) is 10.3. The lowest BCUT2D eigenvalue weighted by Gasteiger charge is -2.38. The molecule has 0 N–H and O–H groups in total. The first kappa shape index (κ1) is 13.7. The van der Waals surface area contributed by atoms with Gasteiger partial charge in [0.25, 0.3) is 0 Å². The minimum Gasteiger partial charge on any atom is -0.368 e. The van der Waals surface area contributed by atoms with Crippen molar-refractivity contribution in [3.05, 3.63) is 41.4 Å². The minimum atomic E-state index is 0.872. The van der Waals surface area contributed by atoms with Crippen molar-refractivity contribution in [2.45, 2.75) is 12.8 Å². The molecule has 0 spiro atoms. The van der Waals surface area contributed by atoms with Crippen LogP contribution < -0.4 is 4.90 Å². The maximum absolute atomic E-state index is 6.31. The molecular weight excluding hydrogens is 280 g/mol. The summed E-state index contributed by atoms with van der Waals surface area (Å²) in [5.41, 5.74) is 1.20.